The molecule has 6 nitrogen and oxygen atoms in total. The van der Waals surface area contributed by atoms with Gasteiger partial charge in [0.2, 0.25) is 5.91 Å². The fourth-order valence-corrected chi connectivity index (χ4v) is 1.92. The van der Waals surface area contributed by atoms with Gasteiger partial charge in [-0.15, -0.1) is 0 Å². The average Bonchev–Trinajstić information content (AvgIpc) is 2.36. The molecule has 0 heterocycles. The molecule has 0 saturated heterocycles. The number of hydrogen-bond acceptors (Lipinski definition) is 4. The smallest absolute Gasteiger partial charge is 0.260 e. The van der Waals surface area contributed by atoms with Gasteiger partial charge in [0.15, 0.2) is 6.10 Å². The molecular weight excluding hydrogens is 319 g/mol. The lowest BCUT2D eigenvalue weighted by atomic mass is 10.3. The monoisotopic (exact) mass is 334 g/mol. The van der Waals surface area contributed by atoms with E-state index in [-0.39, 0.29) is 25.7 Å². The number of primary amides is 1. The van der Waals surface area contributed by atoms with E-state index in [2.05, 4.69) is 5.32 Å². The van der Waals surface area contributed by atoms with Crippen molar-refractivity contribution in [3.8, 4) is 5.75 Å². The molecule has 116 valence electrons. The second-order valence-corrected chi connectivity index (χ2v) is 5.05. The van der Waals surface area contributed by atoms with Crippen LogP contribution >= 0.6 is 23.2 Å². The van der Waals surface area contributed by atoms with Crippen molar-refractivity contribution >= 4 is 35.0 Å². The first-order valence-electron chi connectivity index (χ1n) is 6.15. The van der Waals surface area contributed by atoms with Gasteiger partial charge < -0.3 is 20.5 Å². The molecule has 0 fully saturated rings. The third-order valence-corrected chi connectivity index (χ3v) is 2.74. The van der Waals surface area contributed by atoms with E-state index in [1.54, 1.807) is 25.1 Å². The minimum absolute atomic E-state index is 0.178. The van der Waals surface area contributed by atoms with Gasteiger partial charge in [0.25, 0.3) is 5.91 Å². The van der Waals surface area contributed by atoms with Crippen LogP contribution in [0.15, 0.2) is 18.2 Å². The highest BCUT2D eigenvalue weighted by atomic mass is 35.5. The first-order valence-corrected chi connectivity index (χ1v) is 6.90. The number of carbonyl (C=O) groups excluding carboxylic acids is 2. The molecule has 0 unspecified atom stereocenters. The van der Waals surface area contributed by atoms with Crippen molar-refractivity contribution in [2.24, 2.45) is 5.73 Å². The van der Waals surface area contributed by atoms with Gasteiger partial charge in [-0.3, -0.25) is 9.59 Å². The zero-order valence-corrected chi connectivity index (χ0v) is 12.9. The Morgan fingerprint density at radius 2 is 1.90 bits per heavy atom. The summed E-state index contributed by atoms with van der Waals surface area (Å²) in [6, 6.07) is 4.69. The third-order valence-electron chi connectivity index (χ3n) is 2.31. The molecule has 1 atom stereocenters. The number of benzene rings is 1. The van der Waals surface area contributed by atoms with Crippen LogP contribution in [0.5, 0.6) is 5.75 Å². The Bertz CT molecular complexity index is 491. The van der Waals surface area contributed by atoms with Crippen LogP contribution in [0.4, 0.5) is 0 Å². The van der Waals surface area contributed by atoms with E-state index in [1.807, 2.05) is 0 Å². The molecule has 0 bridgehead atoms. The number of nitrogens with two attached hydrogens (primary N) is 1. The van der Waals surface area contributed by atoms with Crippen molar-refractivity contribution < 1.29 is 19.1 Å². The molecule has 0 saturated carbocycles. The SMILES string of the molecule is C[C@H](Oc1cc(Cl)cc(Cl)c1)C(=O)NCCOCC(N)=O. The van der Waals surface area contributed by atoms with Crippen LogP contribution in [0, 0.1) is 0 Å². The lowest BCUT2D eigenvalue weighted by Gasteiger charge is -2.15. The van der Waals surface area contributed by atoms with Gasteiger partial charge >= 0.3 is 0 Å². The van der Waals surface area contributed by atoms with E-state index in [0.29, 0.717) is 15.8 Å². The van der Waals surface area contributed by atoms with Gasteiger partial charge in [0.05, 0.1) is 6.61 Å². The van der Waals surface area contributed by atoms with Gasteiger partial charge in [0, 0.05) is 16.6 Å². The van der Waals surface area contributed by atoms with E-state index in [4.69, 9.17) is 38.4 Å². The van der Waals surface area contributed by atoms with Crippen LogP contribution in [0.3, 0.4) is 0 Å². The molecule has 0 aliphatic carbocycles. The highest BCUT2D eigenvalue weighted by Crippen LogP contribution is 2.24. The van der Waals surface area contributed by atoms with E-state index >= 15 is 0 Å². The van der Waals surface area contributed by atoms with Crippen molar-refractivity contribution in [2.45, 2.75) is 13.0 Å². The molecular formula is C13H16Cl2N2O4. The van der Waals surface area contributed by atoms with Crippen molar-refractivity contribution in [1.82, 2.24) is 5.32 Å². The number of amides is 2. The zero-order valence-electron chi connectivity index (χ0n) is 11.4. The molecule has 8 heteroatoms. The Morgan fingerprint density at radius 3 is 2.48 bits per heavy atom. The molecule has 0 aliphatic heterocycles. The first kappa shape index (κ1) is 17.6. The number of halogens is 2. The molecule has 1 aromatic carbocycles. The number of carbonyl (C=O) groups is 2. The number of ether oxygens (including phenoxy) is 2. The summed E-state index contributed by atoms with van der Waals surface area (Å²) >= 11 is 11.7. The number of hydrogen-bond donors (Lipinski definition) is 2. The van der Waals surface area contributed by atoms with Crippen LogP contribution in [-0.4, -0.2) is 37.7 Å². The molecule has 2 amide bonds. The topological polar surface area (TPSA) is 90.7 Å². The second kappa shape index (κ2) is 8.71. The Kier molecular flexibility index (Phi) is 7.28. The van der Waals surface area contributed by atoms with Crippen LogP contribution < -0.4 is 15.8 Å². The highest BCUT2D eigenvalue weighted by molar-refractivity contribution is 6.34. The van der Waals surface area contributed by atoms with E-state index in [9.17, 15) is 9.59 Å². The predicted octanol–water partition coefficient (Wildman–Crippen LogP) is 1.38. The molecule has 0 aliphatic rings. The van der Waals surface area contributed by atoms with Crippen LogP contribution in [0.1, 0.15) is 6.92 Å². The third kappa shape index (κ3) is 7.17. The van der Waals surface area contributed by atoms with Gasteiger partial charge in [-0.2, -0.15) is 0 Å². The molecule has 1 rings (SSSR count). The maximum absolute atomic E-state index is 11.8. The van der Waals surface area contributed by atoms with Crippen LogP contribution in [0.25, 0.3) is 0 Å². The van der Waals surface area contributed by atoms with E-state index < -0.39 is 12.0 Å². The highest BCUT2D eigenvalue weighted by Gasteiger charge is 2.14. The summed E-state index contributed by atoms with van der Waals surface area (Å²) < 4.78 is 10.3. The minimum atomic E-state index is -0.726. The molecule has 0 aromatic heterocycles. The summed E-state index contributed by atoms with van der Waals surface area (Å²) in [5.74, 6) is -0.482. The Balaban J connectivity index is 2.35. The van der Waals surface area contributed by atoms with Gasteiger partial charge in [-0.1, -0.05) is 23.2 Å². The molecule has 0 spiro atoms. The lowest BCUT2D eigenvalue weighted by Crippen LogP contribution is -2.38. The van der Waals surface area contributed by atoms with E-state index in [0.717, 1.165) is 0 Å². The Morgan fingerprint density at radius 1 is 1.29 bits per heavy atom. The fraction of sp³-hybridized carbons (Fsp3) is 0.385. The van der Waals surface area contributed by atoms with Crippen molar-refractivity contribution in [3.05, 3.63) is 28.2 Å². The summed E-state index contributed by atoms with van der Waals surface area (Å²) in [5, 5.41) is 3.44. The Labute approximate surface area is 132 Å². The number of nitrogens with one attached hydrogen (secondary N) is 1. The van der Waals surface area contributed by atoms with Gasteiger partial charge in [-0.05, 0) is 25.1 Å². The molecule has 3 N–H and O–H groups in total. The largest absolute Gasteiger partial charge is 0.481 e. The van der Waals surface area contributed by atoms with Gasteiger partial charge in [-0.25, -0.2) is 0 Å². The maximum atomic E-state index is 11.8. The van der Waals surface area contributed by atoms with Crippen molar-refractivity contribution in [3.63, 3.8) is 0 Å². The summed E-state index contributed by atoms with van der Waals surface area (Å²) in [5.41, 5.74) is 4.90. The first-order chi connectivity index (χ1) is 9.88. The average molecular weight is 335 g/mol. The zero-order chi connectivity index (χ0) is 15.8. The quantitative estimate of drug-likeness (QED) is 0.702. The predicted molar refractivity (Wildman–Crippen MR) is 79.6 cm³/mol. The second-order valence-electron chi connectivity index (χ2n) is 4.18. The van der Waals surface area contributed by atoms with Crippen molar-refractivity contribution in [2.75, 3.05) is 19.8 Å². The van der Waals surface area contributed by atoms with Crippen LogP contribution in [-0.2, 0) is 14.3 Å². The fourth-order valence-electron chi connectivity index (χ4n) is 1.42. The number of rotatable bonds is 8. The lowest BCUT2D eigenvalue weighted by molar-refractivity contribution is -0.127. The summed E-state index contributed by atoms with van der Waals surface area (Å²) in [7, 11) is 0. The molecule has 0 radical (unpaired) electrons. The summed E-state index contributed by atoms with van der Waals surface area (Å²) in [6.07, 6.45) is -0.726. The summed E-state index contributed by atoms with van der Waals surface area (Å²) in [4.78, 5) is 22.2. The standard InChI is InChI=1S/C13H16Cl2N2O4/c1-8(13(19)17-2-3-20-7-12(16)18)21-11-5-9(14)4-10(15)6-11/h4-6,8H,2-3,7H2,1H3,(H2,16,18)(H,17,19)/t8-/m0/s1. The normalized spacial score (nSPS) is 11.8. The minimum Gasteiger partial charge on any atom is -0.481 e. The van der Waals surface area contributed by atoms with E-state index in [1.165, 1.54) is 0 Å². The Hall–Kier alpha value is -1.50. The van der Waals surface area contributed by atoms with Gasteiger partial charge in [0.1, 0.15) is 12.4 Å². The molecule has 1 aromatic rings. The molecule has 21 heavy (non-hydrogen) atoms. The summed E-state index contributed by atoms with van der Waals surface area (Å²) in [6.45, 7) is 1.85. The van der Waals surface area contributed by atoms with Crippen molar-refractivity contribution in [1.29, 1.82) is 0 Å². The maximum Gasteiger partial charge on any atom is 0.260 e. The van der Waals surface area contributed by atoms with Crippen LogP contribution in [0.2, 0.25) is 10.0 Å².